The van der Waals surface area contributed by atoms with Crippen molar-refractivity contribution in [3.63, 3.8) is 0 Å². The summed E-state index contributed by atoms with van der Waals surface area (Å²) in [4.78, 5) is 42.5. The van der Waals surface area contributed by atoms with Gasteiger partial charge in [-0.05, 0) is 30.5 Å². The normalized spacial score (nSPS) is 22.2. The SMILES string of the molecule is O=C1NC2(CCCCCC2)C(=O)N1CC(=O)N1c2ccccc2OC[C@H]1c1ccccc1. The second kappa shape index (κ2) is 8.30. The van der Waals surface area contributed by atoms with E-state index in [0.29, 0.717) is 30.9 Å². The van der Waals surface area contributed by atoms with E-state index in [1.165, 1.54) is 0 Å². The van der Waals surface area contributed by atoms with Crippen LogP contribution in [0.5, 0.6) is 5.75 Å². The van der Waals surface area contributed by atoms with Crippen molar-refractivity contribution in [1.29, 1.82) is 0 Å². The maximum Gasteiger partial charge on any atom is 0.325 e. The van der Waals surface area contributed by atoms with E-state index < -0.39 is 11.6 Å². The number of hydrogen-bond acceptors (Lipinski definition) is 4. The molecule has 7 nitrogen and oxygen atoms in total. The Morgan fingerprint density at radius 3 is 2.41 bits per heavy atom. The zero-order valence-electron chi connectivity index (χ0n) is 18.0. The molecule has 2 heterocycles. The van der Waals surface area contributed by atoms with Gasteiger partial charge in [0, 0.05) is 0 Å². The van der Waals surface area contributed by atoms with Crippen LogP contribution in [0.15, 0.2) is 54.6 Å². The number of rotatable bonds is 3. The summed E-state index contributed by atoms with van der Waals surface area (Å²) in [7, 11) is 0. The molecule has 0 bridgehead atoms. The number of urea groups is 1. The van der Waals surface area contributed by atoms with Crippen LogP contribution in [-0.4, -0.2) is 41.4 Å². The number of nitrogens with one attached hydrogen (secondary N) is 1. The number of fused-ring (bicyclic) bond motifs is 1. The number of imide groups is 1. The highest BCUT2D eigenvalue weighted by atomic mass is 16.5. The molecule has 2 aromatic carbocycles. The van der Waals surface area contributed by atoms with E-state index in [0.717, 1.165) is 36.1 Å². The van der Waals surface area contributed by atoms with Gasteiger partial charge in [-0.25, -0.2) is 4.79 Å². The summed E-state index contributed by atoms with van der Waals surface area (Å²) in [5, 5.41) is 2.92. The predicted octanol–water partition coefficient (Wildman–Crippen LogP) is 3.80. The largest absolute Gasteiger partial charge is 0.489 e. The van der Waals surface area contributed by atoms with Crippen molar-refractivity contribution in [2.24, 2.45) is 0 Å². The van der Waals surface area contributed by atoms with E-state index >= 15 is 0 Å². The molecule has 1 saturated heterocycles. The van der Waals surface area contributed by atoms with Crippen LogP contribution in [0, 0.1) is 0 Å². The number of amides is 4. The van der Waals surface area contributed by atoms with Crippen LogP contribution in [0.2, 0.25) is 0 Å². The standard InChI is InChI=1S/C25H27N3O4/c29-22(16-27-23(30)25(26-24(27)31)14-8-1-2-9-15-25)28-19-12-6-7-13-21(19)32-17-20(28)18-10-4-3-5-11-18/h3-7,10-13,20H,1-2,8-9,14-17H2,(H,26,31)/t20-/m0/s1. The van der Waals surface area contributed by atoms with E-state index in [4.69, 9.17) is 4.74 Å². The molecule has 2 fully saturated rings. The molecule has 2 aromatic rings. The van der Waals surface area contributed by atoms with Crippen LogP contribution >= 0.6 is 0 Å². The minimum absolute atomic E-state index is 0.268. The van der Waals surface area contributed by atoms with Crippen LogP contribution in [0.4, 0.5) is 10.5 Å². The zero-order chi connectivity index (χ0) is 22.1. The van der Waals surface area contributed by atoms with Crippen LogP contribution in [0.3, 0.4) is 0 Å². The van der Waals surface area contributed by atoms with Crippen molar-refractivity contribution in [3.05, 3.63) is 60.2 Å². The second-order valence-corrected chi connectivity index (χ2v) is 8.79. The van der Waals surface area contributed by atoms with Crippen molar-refractivity contribution in [2.75, 3.05) is 18.1 Å². The molecular formula is C25H27N3O4. The van der Waals surface area contributed by atoms with Gasteiger partial charge in [-0.3, -0.25) is 19.4 Å². The summed E-state index contributed by atoms with van der Waals surface area (Å²) >= 11 is 0. The lowest BCUT2D eigenvalue weighted by molar-refractivity contribution is -0.135. The van der Waals surface area contributed by atoms with Gasteiger partial charge in [0.2, 0.25) is 5.91 Å². The van der Waals surface area contributed by atoms with Crippen molar-refractivity contribution in [2.45, 2.75) is 50.1 Å². The van der Waals surface area contributed by atoms with Gasteiger partial charge in [-0.2, -0.15) is 0 Å². The van der Waals surface area contributed by atoms with Gasteiger partial charge in [0.05, 0.1) is 11.7 Å². The molecule has 2 aliphatic heterocycles. The Hall–Kier alpha value is -3.35. The summed E-state index contributed by atoms with van der Waals surface area (Å²) in [6.07, 6.45) is 5.20. The van der Waals surface area contributed by atoms with Gasteiger partial charge in [0.1, 0.15) is 24.4 Å². The van der Waals surface area contributed by atoms with Crippen molar-refractivity contribution >= 4 is 23.5 Å². The van der Waals surface area contributed by atoms with Gasteiger partial charge in [0.15, 0.2) is 0 Å². The maximum absolute atomic E-state index is 13.6. The smallest absolute Gasteiger partial charge is 0.325 e. The Morgan fingerprint density at radius 2 is 1.66 bits per heavy atom. The highest BCUT2D eigenvalue weighted by molar-refractivity contribution is 6.10. The summed E-state index contributed by atoms with van der Waals surface area (Å²) in [5.41, 5.74) is 0.733. The predicted molar refractivity (Wildman–Crippen MR) is 119 cm³/mol. The number of para-hydroxylation sites is 2. The van der Waals surface area contributed by atoms with Crippen LogP contribution in [0.1, 0.15) is 50.1 Å². The monoisotopic (exact) mass is 433 g/mol. The average molecular weight is 434 g/mol. The summed E-state index contributed by atoms with van der Waals surface area (Å²) in [5.74, 6) is 0.0461. The molecule has 1 spiro atoms. The molecule has 32 heavy (non-hydrogen) atoms. The third-order valence-corrected chi connectivity index (χ3v) is 6.78. The summed E-state index contributed by atoms with van der Waals surface area (Å²) < 4.78 is 5.93. The second-order valence-electron chi connectivity index (χ2n) is 8.79. The third kappa shape index (κ3) is 3.51. The fourth-order valence-electron chi connectivity index (χ4n) is 5.12. The molecule has 1 aliphatic carbocycles. The molecule has 0 aromatic heterocycles. The molecule has 7 heteroatoms. The number of hydrogen-bond donors (Lipinski definition) is 1. The Kier molecular flexibility index (Phi) is 5.33. The molecule has 4 amide bonds. The first kappa shape index (κ1) is 20.5. The van der Waals surface area contributed by atoms with Gasteiger partial charge < -0.3 is 10.1 Å². The Labute approximate surface area is 187 Å². The van der Waals surface area contributed by atoms with Crippen molar-refractivity contribution in [1.82, 2.24) is 10.2 Å². The lowest BCUT2D eigenvalue weighted by atomic mass is 9.90. The Morgan fingerprint density at radius 1 is 0.969 bits per heavy atom. The van der Waals surface area contributed by atoms with Gasteiger partial charge in [-0.15, -0.1) is 0 Å². The summed E-state index contributed by atoms with van der Waals surface area (Å²) in [6.45, 7) is 0.0148. The van der Waals surface area contributed by atoms with Crippen LogP contribution < -0.4 is 15.0 Å². The minimum atomic E-state index is -0.852. The first-order valence-corrected chi connectivity index (χ1v) is 11.3. The Balaban J connectivity index is 1.44. The van der Waals surface area contributed by atoms with E-state index in [1.807, 2.05) is 54.6 Å². The van der Waals surface area contributed by atoms with Crippen molar-refractivity contribution < 1.29 is 19.1 Å². The molecule has 1 saturated carbocycles. The summed E-state index contributed by atoms with van der Waals surface area (Å²) in [6, 6.07) is 16.2. The number of carbonyl (C=O) groups excluding carboxylic acids is 3. The number of benzene rings is 2. The molecule has 5 rings (SSSR count). The van der Waals surface area contributed by atoms with Crippen LogP contribution in [0.25, 0.3) is 0 Å². The third-order valence-electron chi connectivity index (χ3n) is 6.78. The average Bonchev–Trinajstić information content (AvgIpc) is 2.97. The fraction of sp³-hybridized carbons (Fsp3) is 0.400. The van der Waals surface area contributed by atoms with Gasteiger partial charge in [0.25, 0.3) is 5.91 Å². The number of ether oxygens (including phenoxy) is 1. The zero-order valence-corrected chi connectivity index (χ0v) is 18.0. The maximum atomic E-state index is 13.6. The first-order chi connectivity index (χ1) is 15.6. The number of carbonyl (C=O) groups is 3. The molecule has 1 N–H and O–H groups in total. The molecule has 166 valence electrons. The highest BCUT2D eigenvalue weighted by Crippen LogP contribution is 2.40. The molecule has 1 atom stereocenters. The lowest BCUT2D eigenvalue weighted by Crippen LogP contribution is -2.49. The number of anilines is 1. The lowest BCUT2D eigenvalue weighted by Gasteiger charge is -2.37. The molecule has 3 aliphatic rings. The van der Waals surface area contributed by atoms with E-state index in [-0.39, 0.29) is 24.4 Å². The van der Waals surface area contributed by atoms with Gasteiger partial charge >= 0.3 is 6.03 Å². The van der Waals surface area contributed by atoms with E-state index in [2.05, 4.69) is 5.32 Å². The van der Waals surface area contributed by atoms with E-state index in [9.17, 15) is 14.4 Å². The quantitative estimate of drug-likeness (QED) is 0.747. The topological polar surface area (TPSA) is 79.0 Å². The highest BCUT2D eigenvalue weighted by Gasteiger charge is 2.51. The molecule has 0 radical (unpaired) electrons. The number of nitrogens with zero attached hydrogens (tertiary/aromatic N) is 2. The molecule has 0 unspecified atom stereocenters. The van der Waals surface area contributed by atoms with Gasteiger partial charge in [-0.1, -0.05) is 68.1 Å². The fourth-order valence-corrected chi connectivity index (χ4v) is 5.12. The first-order valence-electron chi connectivity index (χ1n) is 11.3. The molecular weight excluding hydrogens is 406 g/mol. The minimum Gasteiger partial charge on any atom is -0.489 e. The van der Waals surface area contributed by atoms with Crippen LogP contribution in [-0.2, 0) is 9.59 Å². The van der Waals surface area contributed by atoms with Crippen molar-refractivity contribution in [3.8, 4) is 5.75 Å². The van der Waals surface area contributed by atoms with E-state index in [1.54, 1.807) is 4.90 Å². The Bertz CT molecular complexity index is 1030.